The van der Waals surface area contributed by atoms with E-state index in [9.17, 15) is 5.11 Å². The Balaban J connectivity index is 1.29. The number of aliphatic hydroxyl groups excluding tert-OH is 1. The Hall–Kier alpha value is -2.15. The van der Waals surface area contributed by atoms with Crippen LogP contribution in [0, 0.1) is 0 Å². The number of hydrogen-bond donors (Lipinski definition) is 1. The largest absolute Gasteiger partial charge is 0.491 e. The van der Waals surface area contributed by atoms with Gasteiger partial charge in [0.25, 0.3) is 0 Å². The van der Waals surface area contributed by atoms with Gasteiger partial charge in [-0.1, -0.05) is 38.1 Å². The lowest BCUT2D eigenvalue weighted by Gasteiger charge is -2.36. The number of aliphatic hydroxyl groups is 1. The fourth-order valence-electron chi connectivity index (χ4n) is 3.57. The lowest BCUT2D eigenvalue weighted by molar-refractivity contribution is 0.00708. The molecule has 0 aliphatic carbocycles. The Labute approximate surface area is 174 Å². The van der Waals surface area contributed by atoms with E-state index >= 15 is 0 Å². The second kappa shape index (κ2) is 11.1. The zero-order chi connectivity index (χ0) is 20.5. The number of piperazine rings is 1. The minimum atomic E-state index is -0.487. The summed E-state index contributed by atoms with van der Waals surface area (Å²) in [7, 11) is 0. The van der Waals surface area contributed by atoms with Gasteiger partial charge in [-0.2, -0.15) is 0 Å². The Kier molecular flexibility index (Phi) is 8.28. The van der Waals surface area contributed by atoms with Crippen molar-refractivity contribution in [2.24, 2.45) is 0 Å². The zero-order valence-corrected chi connectivity index (χ0v) is 17.5. The topological polar surface area (TPSA) is 58.1 Å². The first-order valence-corrected chi connectivity index (χ1v) is 10.5. The maximum Gasteiger partial charge on any atom is 0.128 e. The fraction of sp³-hybridized carbons (Fsp3) is 0.522. The highest BCUT2D eigenvalue weighted by atomic mass is 16.5. The van der Waals surface area contributed by atoms with E-state index in [4.69, 9.17) is 9.47 Å². The van der Waals surface area contributed by atoms with Gasteiger partial charge >= 0.3 is 0 Å². The van der Waals surface area contributed by atoms with Crippen molar-refractivity contribution in [3.05, 3.63) is 54.2 Å². The van der Waals surface area contributed by atoms with Crippen LogP contribution in [0.25, 0.3) is 0 Å². The zero-order valence-electron chi connectivity index (χ0n) is 17.5. The third-order valence-corrected chi connectivity index (χ3v) is 5.15. The molecule has 0 bridgehead atoms. The van der Waals surface area contributed by atoms with Crippen LogP contribution in [0.1, 0.15) is 25.3 Å². The minimum Gasteiger partial charge on any atom is -0.491 e. The van der Waals surface area contributed by atoms with E-state index in [1.165, 1.54) is 5.56 Å². The van der Waals surface area contributed by atoms with E-state index in [2.05, 4.69) is 34.7 Å². The van der Waals surface area contributed by atoms with E-state index in [-0.39, 0.29) is 0 Å². The number of nitrogens with zero attached hydrogens (tertiary/aromatic N) is 3. The van der Waals surface area contributed by atoms with Crippen LogP contribution in [-0.4, -0.2) is 73.6 Å². The molecule has 158 valence electrons. The number of rotatable bonds is 10. The van der Waals surface area contributed by atoms with E-state index in [1.54, 1.807) is 0 Å². The molecule has 2 heterocycles. The van der Waals surface area contributed by atoms with Crippen molar-refractivity contribution in [3.63, 3.8) is 0 Å². The van der Waals surface area contributed by atoms with E-state index in [0.29, 0.717) is 32.3 Å². The molecule has 0 saturated carbocycles. The highest BCUT2D eigenvalue weighted by Crippen LogP contribution is 2.25. The standard InChI is InChI=1S/C23H33N3O3/c1-19(2)21-7-3-4-8-22(21)29-16-15-28-18-20(27)17-25-11-13-26(14-12-25)23-9-5-6-10-24-23/h3-10,19-20,27H,11-18H2,1-2H3. The molecule has 6 heteroatoms. The highest BCUT2D eigenvalue weighted by Gasteiger charge is 2.20. The molecule has 1 atom stereocenters. The van der Waals surface area contributed by atoms with E-state index in [1.807, 2.05) is 42.6 Å². The number of pyridine rings is 1. The maximum atomic E-state index is 10.3. The quantitative estimate of drug-likeness (QED) is 0.620. The van der Waals surface area contributed by atoms with Crippen LogP contribution in [0.3, 0.4) is 0 Å². The summed E-state index contributed by atoms with van der Waals surface area (Å²) < 4.78 is 11.5. The highest BCUT2D eigenvalue weighted by molar-refractivity contribution is 5.38. The Morgan fingerprint density at radius 1 is 1.00 bits per heavy atom. The summed E-state index contributed by atoms with van der Waals surface area (Å²) in [6, 6.07) is 14.1. The molecular formula is C23H33N3O3. The lowest BCUT2D eigenvalue weighted by atomic mass is 10.0. The fourth-order valence-corrected chi connectivity index (χ4v) is 3.57. The van der Waals surface area contributed by atoms with Gasteiger partial charge < -0.3 is 19.5 Å². The van der Waals surface area contributed by atoms with Gasteiger partial charge in [0.1, 0.15) is 18.2 Å². The van der Waals surface area contributed by atoms with Crippen LogP contribution in [0.4, 0.5) is 5.82 Å². The Bertz CT molecular complexity index is 718. The molecule has 1 aromatic heterocycles. The average Bonchev–Trinajstić information content (AvgIpc) is 2.75. The molecule has 29 heavy (non-hydrogen) atoms. The van der Waals surface area contributed by atoms with Gasteiger partial charge in [-0.25, -0.2) is 4.98 Å². The number of benzene rings is 1. The molecule has 1 saturated heterocycles. The van der Waals surface area contributed by atoms with Gasteiger partial charge in [-0.3, -0.25) is 4.90 Å². The van der Waals surface area contributed by atoms with Crippen molar-refractivity contribution in [3.8, 4) is 5.75 Å². The number of β-amino-alcohol motifs (C(OH)–C–C–N with tert-alkyl or cyclic N) is 1. The predicted octanol–water partition coefficient (Wildman–Crippen LogP) is 2.78. The number of aromatic nitrogens is 1. The van der Waals surface area contributed by atoms with Crippen molar-refractivity contribution in [2.75, 3.05) is 57.4 Å². The number of ether oxygens (including phenoxy) is 2. The molecule has 1 fully saturated rings. The van der Waals surface area contributed by atoms with Crippen molar-refractivity contribution < 1.29 is 14.6 Å². The Morgan fingerprint density at radius 3 is 2.48 bits per heavy atom. The first-order valence-electron chi connectivity index (χ1n) is 10.5. The second-order valence-corrected chi connectivity index (χ2v) is 7.75. The van der Waals surface area contributed by atoms with Crippen LogP contribution in [0.15, 0.2) is 48.7 Å². The molecule has 1 aliphatic heterocycles. The summed E-state index contributed by atoms with van der Waals surface area (Å²) in [5.41, 5.74) is 1.21. The summed E-state index contributed by atoms with van der Waals surface area (Å²) in [6.45, 7) is 9.92. The normalized spacial score (nSPS) is 16.2. The molecule has 2 aromatic rings. The first kappa shape index (κ1) is 21.6. The van der Waals surface area contributed by atoms with Gasteiger partial charge in [0.15, 0.2) is 0 Å². The van der Waals surface area contributed by atoms with Gasteiger partial charge in [-0.15, -0.1) is 0 Å². The van der Waals surface area contributed by atoms with Crippen LogP contribution in [0.5, 0.6) is 5.75 Å². The average molecular weight is 400 g/mol. The molecule has 0 spiro atoms. The lowest BCUT2D eigenvalue weighted by Crippen LogP contribution is -2.49. The van der Waals surface area contributed by atoms with Gasteiger partial charge in [0, 0.05) is 38.9 Å². The molecule has 1 aliphatic rings. The summed E-state index contributed by atoms with van der Waals surface area (Å²) >= 11 is 0. The third kappa shape index (κ3) is 6.70. The number of hydrogen-bond acceptors (Lipinski definition) is 6. The smallest absolute Gasteiger partial charge is 0.128 e. The minimum absolute atomic E-state index is 0.329. The van der Waals surface area contributed by atoms with Crippen molar-refractivity contribution in [1.29, 1.82) is 0 Å². The Morgan fingerprint density at radius 2 is 1.76 bits per heavy atom. The molecule has 6 nitrogen and oxygen atoms in total. The predicted molar refractivity (Wildman–Crippen MR) is 116 cm³/mol. The molecule has 1 unspecified atom stereocenters. The van der Waals surface area contributed by atoms with Crippen LogP contribution in [-0.2, 0) is 4.74 Å². The van der Waals surface area contributed by atoms with E-state index < -0.39 is 6.10 Å². The maximum absolute atomic E-state index is 10.3. The van der Waals surface area contributed by atoms with Gasteiger partial charge in [0.05, 0.1) is 19.3 Å². The van der Waals surface area contributed by atoms with E-state index in [0.717, 1.165) is 37.7 Å². The van der Waals surface area contributed by atoms with Crippen LogP contribution in [0.2, 0.25) is 0 Å². The van der Waals surface area contributed by atoms with Crippen molar-refractivity contribution in [1.82, 2.24) is 9.88 Å². The monoisotopic (exact) mass is 399 g/mol. The first-order chi connectivity index (χ1) is 14.1. The second-order valence-electron chi connectivity index (χ2n) is 7.75. The third-order valence-electron chi connectivity index (χ3n) is 5.15. The molecule has 0 amide bonds. The van der Waals surface area contributed by atoms with Gasteiger partial charge in [0.2, 0.25) is 0 Å². The van der Waals surface area contributed by atoms with Crippen LogP contribution >= 0.6 is 0 Å². The number of para-hydroxylation sites is 1. The molecule has 3 rings (SSSR count). The summed E-state index contributed by atoms with van der Waals surface area (Å²) in [4.78, 5) is 8.97. The van der Waals surface area contributed by atoms with Crippen molar-refractivity contribution >= 4 is 5.82 Å². The summed E-state index contributed by atoms with van der Waals surface area (Å²) in [5, 5.41) is 10.3. The molecule has 1 N–H and O–H groups in total. The SMILES string of the molecule is CC(C)c1ccccc1OCCOCC(O)CN1CCN(c2ccccn2)CC1. The molecule has 0 radical (unpaired) electrons. The number of anilines is 1. The molecule has 1 aromatic carbocycles. The molecular weight excluding hydrogens is 366 g/mol. The van der Waals surface area contributed by atoms with Gasteiger partial charge in [-0.05, 0) is 29.7 Å². The summed E-state index contributed by atoms with van der Waals surface area (Å²) in [5.74, 6) is 2.36. The van der Waals surface area contributed by atoms with Crippen LogP contribution < -0.4 is 9.64 Å². The summed E-state index contributed by atoms with van der Waals surface area (Å²) in [6.07, 6.45) is 1.34. The van der Waals surface area contributed by atoms with Crippen molar-refractivity contribution in [2.45, 2.75) is 25.9 Å².